The first kappa shape index (κ1) is 20.7. The molecular weight excluding hydrogens is 406 g/mol. The first-order chi connectivity index (χ1) is 14.8. The fraction of sp³-hybridized carbons (Fsp3) is 0.429. The number of benzene rings is 1. The molecule has 162 valence electrons. The van der Waals surface area contributed by atoms with Gasteiger partial charge in [0.15, 0.2) is 6.61 Å². The molecule has 0 aromatic heterocycles. The summed E-state index contributed by atoms with van der Waals surface area (Å²) in [7, 11) is 0. The standard InChI is InChI=1S/C21H21N3O7/c1-11(2)31-17(25)10-30-16-6-5-15(24(28)29)8-14(16)9-22-23-20(26)18-12-3-4-13(7-12)19(18)21(23)27/h3-6,8-9,11-13,18-19H,7,10H2,1-2H3. The van der Waals surface area contributed by atoms with Crippen LogP contribution in [0.5, 0.6) is 5.75 Å². The minimum atomic E-state index is -0.600. The van der Waals surface area contributed by atoms with E-state index >= 15 is 0 Å². The number of hydrogen-bond acceptors (Lipinski definition) is 8. The van der Waals surface area contributed by atoms with E-state index in [0.717, 1.165) is 11.4 Å². The van der Waals surface area contributed by atoms with Crippen LogP contribution in [0.4, 0.5) is 5.69 Å². The second-order valence-corrected chi connectivity index (χ2v) is 8.04. The highest BCUT2D eigenvalue weighted by Gasteiger charge is 2.59. The minimum Gasteiger partial charge on any atom is -0.481 e. The van der Waals surface area contributed by atoms with Crippen molar-refractivity contribution in [2.24, 2.45) is 28.8 Å². The second kappa shape index (κ2) is 7.93. The number of ether oxygens (including phenoxy) is 2. The molecule has 1 saturated carbocycles. The molecule has 1 aromatic rings. The number of carbonyl (C=O) groups is 3. The number of hydrazone groups is 1. The normalized spacial score (nSPS) is 26.2. The van der Waals surface area contributed by atoms with Gasteiger partial charge in [0, 0.05) is 17.7 Å². The van der Waals surface area contributed by atoms with E-state index in [9.17, 15) is 24.5 Å². The molecule has 10 heteroatoms. The van der Waals surface area contributed by atoms with Crippen LogP contribution < -0.4 is 4.74 Å². The number of rotatable bonds is 7. The van der Waals surface area contributed by atoms with Crippen LogP contribution in [0.15, 0.2) is 35.5 Å². The van der Waals surface area contributed by atoms with Gasteiger partial charge in [-0.15, -0.1) is 0 Å². The van der Waals surface area contributed by atoms with E-state index in [1.165, 1.54) is 24.4 Å². The van der Waals surface area contributed by atoms with Crippen molar-refractivity contribution in [2.75, 3.05) is 6.61 Å². The van der Waals surface area contributed by atoms with Gasteiger partial charge in [0.05, 0.1) is 29.1 Å². The number of carbonyl (C=O) groups excluding carboxylic acids is 3. The van der Waals surface area contributed by atoms with Crippen LogP contribution >= 0.6 is 0 Å². The molecule has 0 radical (unpaired) electrons. The number of nitrogens with zero attached hydrogens (tertiary/aromatic N) is 3. The number of hydrogen-bond donors (Lipinski definition) is 0. The molecule has 10 nitrogen and oxygen atoms in total. The average molecular weight is 427 g/mol. The highest BCUT2D eigenvalue weighted by atomic mass is 16.6. The summed E-state index contributed by atoms with van der Waals surface area (Å²) in [5.41, 5.74) is -0.0675. The van der Waals surface area contributed by atoms with Gasteiger partial charge in [-0.3, -0.25) is 19.7 Å². The summed E-state index contributed by atoms with van der Waals surface area (Å²) in [6.07, 6.45) is 5.62. The summed E-state index contributed by atoms with van der Waals surface area (Å²) in [5.74, 6) is -1.88. The summed E-state index contributed by atoms with van der Waals surface area (Å²) in [5, 5.41) is 16.0. The average Bonchev–Trinajstić information content (AvgIpc) is 3.39. The molecule has 1 saturated heterocycles. The molecule has 2 fully saturated rings. The lowest BCUT2D eigenvalue weighted by Crippen LogP contribution is -2.28. The number of fused-ring (bicyclic) bond motifs is 5. The lowest BCUT2D eigenvalue weighted by molar-refractivity contribution is -0.384. The van der Waals surface area contributed by atoms with Gasteiger partial charge in [0.25, 0.3) is 17.5 Å². The molecule has 1 heterocycles. The van der Waals surface area contributed by atoms with Gasteiger partial charge in [0.1, 0.15) is 5.75 Å². The molecule has 0 spiro atoms. The molecule has 2 amide bonds. The van der Waals surface area contributed by atoms with Crippen LogP contribution in [0.1, 0.15) is 25.8 Å². The monoisotopic (exact) mass is 427 g/mol. The molecule has 2 aliphatic carbocycles. The first-order valence-corrected chi connectivity index (χ1v) is 9.97. The van der Waals surface area contributed by atoms with Crippen LogP contribution in [0.3, 0.4) is 0 Å². The molecule has 4 rings (SSSR count). The summed E-state index contributed by atoms with van der Waals surface area (Å²) >= 11 is 0. The molecule has 4 unspecified atom stereocenters. The Morgan fingerprint density at radius 3 is 2.48 bits per heavy atom. The molecule has 31 heavy (non-hydrogen) atoms. The summed E-state index contributed by atoms with van der Waals surface area (Å²) in [6.45, 7) is 2.99. The quantitative estimate of drug-likeness (QED) is 0.163. The third-order valence-corrected chi connectivity index (χ3v) is 5.68. The van der Waals surface area contributed by atoms with Crippen LogP contribution in [0.25, 0.3) is 0 Å². The molecule has 4 atom stereocenters. The van der Waals surface area contributed by atoms with Crippen molar-refractivity contribution in [3.63, 3.8) is 0 Å². The largest absolute Gasteiger partial charge is 0.481 e. The smallest absolute Gasteiger partial charge is 0.344 e. The SMILES string of the molecule is CC(C)OC(=O)COc1ccc([N+](=O)[O-])cc1C=NN1C(=O)C2C3C=CC(C3)C2C1=O. The van der Waals surface area contributed by atoms with Gasteiger partial charge >= 0.3 is 5.97 Å². The van der Waals surface area contributed by atoms with E-state index in [0.29, 0.717) is 0 Å². The van der Waals surface area contributed by atoms with E-state index in [4.69, 9.17) is 9.47 Å². The lowest BCUT2D eigenvalue weighted by Gasteiger charge is -2.13. The maximum atomic E-state index is 12.7. The van der Waals surface area contributed by atoms with Crippen molar-refractivity contribution < 1.29 is 28.8 Å². The Kier molecular flexibility index (Phi) is 5.30. The van der Waals surface area contributed by atoms with E-state index in [-0.39, 0.29) is 46.8 Å². The number of nitro groups is 1. The van der Waals surface area contributed by atoms with Crippen LogP contribution in [0.2, 0.25) is 0 Å². The fourth-order valence-corrected chi connectivity index (χ4v) is 4.44. The molecule has 3 aliphatic rings. The number of nitro benzene ring substituents is 1. The predicted octanol–water partition coefficient (Wildman–Crippen LogP) is 2.07. The Morgan fingerprint density at radius 1 is 1.26 bits per heavy atom. The Balaban J connectivity index is 1.55. The van der Waals surface area contributed by atoms with Crippen LogP contribution in [-0.4, -0.2) is 46.6 Å². The van der Waals surface area contributed by atoms with Gasteiger partial charge < -0.3 is 9.47 Å². The highest BCUT2D eigenvalue weighted by molar-refractivity contribution is 6.07. The highest BCUT2D eigenvalue weighted by Crippen LogP contribution is 2.52. The first-order valence-electron chi connectivity index (χ1n) is 9.97. The Morgan fingerprint density at radius 2 is 1.90 bits per heavy atom. The van der Waals surface area contributed by atoms with Crippen LogP contribution in [-0.2, 0) is 19.1 Å². The molecule has 0 N–H and O–H groups in total. The van der Waals surface area contributed by atoms with Gasteiger partial charge in [-0.2, -0.15) is 10.1 Å². The van der Waals surface area contributed by atoms with Crippen molar-refractivity contribution in [1.82, 2.24) is 5.01 Å². The zero-order chi connectivity index (χ0) is 22.3. The number of allylic oxidation sites excluding steroid dienone is 2. The van der Waals surface area contributed by atoms with Crippen molar-refractivity contribution in [2.45, 2.75) is 26.4 Å². The van der Waals surface area contributed by atoms with E-state index in [1.807, 2.05) is 12.2 Å². The number of amides is 2. The van der Waals surface area contributed by atoms with Gasteiger partial charge in [-0.05, 0) is 38.2 Å². The zero-order valence-electron chi connectivity index (χ0n) is 17.0. The minimum absolute atomic E-state index is 0.0512. The van der Waals surface area contributed by atoms with E-state index in [1.54, 1.807) is 13.8 Å². The Labute approximate surface area is 177 Å². The maximum Gasteiger partial charge on any atom is 0.344 e. The molecular formula is C21H21N3O7. The fourth-order valence-electron chi connectivity index (χ4n) is 4.44. The molecule has 1 aromatic carbocycles. The molecule has 1 aliphatic heterocycles. The number of esters is 1. The van der Waals surface area contributed by atoms with Gasteiger partial charge in [-0.25, -0.2) is 4.79 Å². The van der Waals surface area contributed by atoms with Gasteiger partial charge in [0.2, 0.25) is 0 Å². The zero-order valence-corrected chi connectivity index (χ0v) is 17.0. The van der Waals surface area contributed by atoms with Crippen molar-refractivity contribution in [1.29, 1.82) is 0 Å². The third kappa shape index (κ3) is 3.80. The summed E-state index contributed by atoms with van der Waals surface area (Å²) in [6, 6.07) is 3.75. The van der Waals surface area contributed by atoms with E-state index < -0.39 is 29.3 Å². The second-order valence-electron chi connectivity index (χ2n) is 8.04. The maximum absolute atomic E-state index is 12.7. The Hall–Kier alpha value is -3.56. The topological polar surface area (TPSA) is 128 Å². The lowest BCUT2D eigenvalue weighted by atomic mass is 9.85. The Bertz CT molecular complexity index is 986. The van der Waals surface area contributed by atoms with Crippen molar-refractivity contribution in [3.8, 4) is 5.75 Å². The summed E-state index contributed by atoms with van der Waals surface area (Å²) in [4.78, 5) is 47.8. The van der Waals surface area contributed by atoms with Crippen molar-refractivity contribution >= 4 is 29.7 Å². The summed E-state index contributed by atoms with van der Waals surface area (Å²) < 4.78 is 10.4. The van der Waals surface area contributed by atoms with Crippen molar-refractivity contribution in [3.05, 3.63) is 46.0 Å². The van der Waals surface area contributed by atoms with E-state index in [2.05, 4.69) is 5.10 Å². The predicted molar refractivity (Wildman–Crippen MR) is 107 cm³/mol. The number of non-ortho nitro benzene ring substituents is 1. The number of imide groups is 1. The van der Waals surface area contributed by atoms with Gasteiger partial charge in [-0.1, -0.05) is 12.2 Å². The molecule has 2 bridgehead atoms. The van der Waals surface area contributed by atoms with Crippen LogP contribution in [0, 0.1) is 33.8 Å². The third-order valence-electron chi connectivity index (χ3n) is 5.68.